The first kappa shape index (κ1) is 17.9. The molecule has 0 amide bonds. The molecule has 2 aromatic rings. The Kier molecular flexibility index (Phi) is 5.13. The van der Waals surface area contributed by atoms with E-state index in [2.05, 4.69) is 4.90 Å². The fourth-order valence-electron chi connectivity index (χ4n) is 3.10. The third-order valence-electron chi connectivity index (χ3n) is 4.80. The van der Waals surface area contributed by atoms with Crippen molar-refractivity contribution < 1.29 is 13.5 Å². The Bertz CT molecular complexity index is 842. The number of piperazine rings is 1. The molecule has 1 heterocycles. The zero-order valence-corrected chi connectivity index (χ0v) is 15.5. The van der Waals surface area contributed by atoms with Crippen molar-refractivity contribution in [3.05, 3.63) is 59.2 Å². The minimum absolute atomic E-state index is 0.308. The van der Waals surface area contributed by atoms with E-state index in [4.69, 9.17) is 0 Å². The number of aromatic hydroxyl groups is 1. The molecule has 1 saturated heterocycles. The first-order chi connectivity index (χ1) is 11.9. The molecule has 6 heteroatoms. The molecular weight excluding hydrogens is 336 g/mol. The summed E-state index contributed by atoms with van der Waals surface area (Å²) in [5.74, 6) is 0.308. The van der Waals surface area contributed by atoms with Gasteiger partial charge in [0, 0.05) is 38.3 Å². The minimum Gasteiger partial charge on any atom is -0.508 e. The van der Waals surface area contributed by atoms with E-state index in [-0.39, 0.29) is 0 Å². The summed E-state index contributed by atoms with van der Waals surface area (Å²) in [7, 11) is -3.42. The third kappa shape index (κ3) is 3.86. The smallest absolute Gasteiger partial charge is 0.243 e. The number of aryl methyl sites for hydroxylation is 2. The van der Waals surface area contributed by atoms with Crippen LogP contribution in [-0.4, -0.2) is 48.9 Å². The van der Waals surface area contributed by atoms with Crippen LogP contribution in [0, 0.1) is 13.8 Å². The molecule has 0 bridgehead atoms. The maximum Gasteiger partial charge on any atom is 0.243 e. The molecule has 0 radical (unpaired) electrons. The molecule has 134 valence electrons. The molecule has 0 unspecified atom stereocenters. The van der Waals surface area contributed by atoms with Crippen molar-refractivity contribution in [1.82, 2.24) is 9.21 Å². The molecule has 1 fully saturated rings. The normalized spacial score (nSPS) is 16.9. The van der Waals surface area contributed by atoms with Gasteiger partial charge in [-0.2, -0.15) is 4.31 Å². The number of nitrogens with zero attached hydrogens (tertiary/aromatic N) is 2. The van der Waals surface area contributed by atoms with Crippen LogP contribution in [0.3, 0.4) is 0 Å². The van der Waals surface area contributed by atoms with Gasteiger partial charge in [0.25, 0.3) is 0 Å². The minimum atomic E-state index is -3.42. The van der Waals surface area contributed by atoms with Crippen molar-refractivity contribution in [2.75, 3.05) is 26.2 Å². The number of sulfonamides is 1. The van der Waals surface area contributed by atoms with Crippen molar-refractivity contribution in [3.63, 3.8) is 0 Å². The van der Waals surface area contributed by atoms with E-state index in [9.17, 15) is 13.5 Å². The lowest BCUT2D eigenvalue weighted by Crippen LogP contribution is -2.48. The molecule has 1 aliphatic rings. The maximum atomic E-state index is 12.7. The van der Waals surface area contributed by atoms with Crippen LogP contribution in [0.5, 0.6) is 5.75 Å². The Balaban J connectivity index is 1.66. The van der Waals surface area contributed by atoms with Gasteiger partial charge in [0.2, 0.25) is 10.0 Å². The molecule has 2 aromatic carbocycles. The second kappa shape index (κ2) is 7.15. The van der Waals surface area contributed by atoms with Crippen LogP contribution in [0.15, 0.2) is 47.4 Å². The van der Waals surface area contributed by atoms with Crippen molar-refractivity contribution in [3.8, 4) is 5.75 Å². The molecule has 1 aliphatic heterocycles. The summed E-state index contributed by atoms with van der Waals surface area (Å²) in [5, 5.41) is 10.1. The average molecular weight is 360 g/mol. The molecule has 0 aliphatic carbocycles. The van der Waals surface area contributed by atoms with Crippen molar-refractivity contribution in [1.29, 1.82) is 0 Å². The Hall–Kier alpha value is -1.89. The van der Waals surface area contributed by atoms with E-state index >= 15 is 0 Å². The lowest BCUT2D eigenvalue weighted by molar-refractivity contribution is 0.180. The highest BCUT2D eigenvalue weighted by Crippen LogP contribution is 2.24. The lowest BCUT2D eigenvalue weighted by Gasteiger charge is -2.34. The van der Waals surface area contributed by atoms with Crippen LogP contribution in [0.4, 0.5) is 0 Å². The van der Waals surface area contributed by atoms with E-state index in [1.54, 1.807) is 34.6 Å². The second-order valence-corrected chi connectivity index (χ2v) is 8.50. The molecule has 3 rings (SSSR count). The van der Waals surface area contributed by atoms with E-state index in [1.165, 1.54) is 0 Å². The SMILES string of the molecule is Cc1cc(O)c(CN2CCN(S(=O)(=O)c3ccccc3)CC2)cc1C. The summed E-state index contributed by atoms with van der Waals surface area (Å²) >= 11 is 0. The first-order valence-corrected chi connectivity index (χ1v) is 9.88. The molecule has 5 nitrogen and oxygen atoms in total. The largest absolute Gasteiger partial charge is 0.508 e. The topological polar surface area (TPSA) is 60.9 Å². The van der Waals surface area contributed by atoms with Crippen molar-refractivity contribution >= 4 is 10.0 Å². The van der Waals surface area contributed by atoms with Crippen LogP contribution in [0.1, 0.15) is 16.7 Å². The van der Waals surface area contributed by atoms with Gasteiger partial charge in [-0.3, -0.25) is 4.90 Å². The summed E-state index contributed by atoms with van der Waals surface area (Å²) in [6.45, 7) is 6.86. The molecular formula is C19H24N2O3S. The van der Waals surface area contributed by atoms with Gasteiger partial charge in [-0.15, -0.1) is 0 Å². The van der Waals surface area contributed by atoms with E-state index in [0.717, 1.165) is 16.7 Å². The third-order valence-corrected chi connectivity index (χ3v) is 6.71. The quantitative estimate of drug-likeness (QED) is 0.910. The lowest BCUT2D eigenvalue weighted by atomic mass is 10.0. The highest BCUT2D eigenvalue weighted by atomic mass is 32.2. The predicted molar refractivity (Wildman–Crippen MR) is 98.1 cm³/mol. The highest BCUT2D eigenvalue weighted by Gasteiger charge is 2.28. The van der Waals surface area contributed by atoms with Crippen LogP contribution in [-0.2, 0) is 16.6 Å². The summed E-state index contributed by atoms with van der Waals surface area (Å²) in [6.07, 6.45) is 0. The number of phenols is 1. The predicted octanol–water partition coefficient (Wildman–Crippen LogP) is 2.52. The van der Waals surface area contributed by atoms with Gasteiger partial charge in [-0.1, -0.05) is 24.3 Å². The number of benzene rings is 2. The molecule has 0 saturated carbocycles. The summed E-state index contributed by atoms with van der Waals surface area (Å²) in [6, 6.07) is 12.4. The van der Waals surface area contributed by atoms with E-state index < -0.39 is 10.0 Å². The standard InChI is InChI=1S/C19H24N2O3S/c1-15-12-17(19(22)13-16(15)2)14-20-8-10-21(11-9-20)25(23,24)18-6-4-3-5-7-18/h3-7,12-13,22H,8-11,14H2,1-2H3. The van der Waals surface area contributed by atoms with Gasteiger partial charge in [0.05, 0.1) is 4.90 Å². The van der Waals surface area contributed by atoms with Crippen molar-refractivity contribution in [2.45, 2.75) is 25.3 Å². The van der Waals surface area contributed by atoms with Crippen LogP contribution in [0.2, 0.25) is 0 Å². The number of phenolic OH excluding ortho intramolecular Hbond substituents is 1. The summed E-state index contributed by atoms with van der Waals surface area (Å²) in [4.78, 5) is 2.52. The monoisotopic (exact) mass is 360 g/mol. The van der Waals surface area contributed by atoms with E-state index in [0.29, 0.717) is 43.4 Å². The van der Waals surface area contributed by atoms with E-state index in [1.807, 2.05) is 26.0 Å². The van der Waals surface area contributed by atoms with Gasteiger partial charge >= 0.3 is 0 Å². The highest BCUT2D eigenvalue weighted by molar-refractivity contribution is 7.89. The Morgan fingerprint density at radius 2 is 1.56 bits per heavy atom. The molecule has 0 atom stereocenters. The van der Waals surface area contributed by atoms with Crippen molar-refractivity contribution in [2.24, 2.45) is 0 Å². The maximum absolute atomic E-state index is 12.7. The van der Waals surface area contributed by atoms with Crippen LogP contribution in [0.25, 0.3) is 0 Å². The first-order valence-electron chi connectivity index (χ1n) is 8.44. The molecule has 0 aromatic heterocycles. The zero-order valence-electron chi connectivity index (χ0n) is 14.6. The summed E-state index contributed by atoms with van der Waals surface area (Å²) < 4.78 is 26.9. The van der Waals surface area contributed by atoms with Gasteiger partial charge in [0.1, 0.15) is 5.75 Å². The Morgan fingerprint density at radius 1 is 0.960 bits per heavy atom. The zero-order chi connectivity index (χ0) is 18.0. The average Bonchev–Trinajstić information content (AvgIpc) is 2.61. The molecule has 0 spiro atoms. The van der Waals surface area contributed by atoms with Gasteiger partial charge in [0.15, 0.2) is 0 Å². The van der Waals surface area contributed by atoms with Crippen LogP contribution < -0.4 is 0 Å². The number of hydrogen-bond acceptors (Lipinski definition) is 4. The van der Waals surface area contributed by atoms with Gasteiger partial charge in [-0.05, 0) is 43.2 Å². The second-order valence-electron chi connectivity index (χ2n) is 6.56. The number of rotatable bonds is 4. The fourth-order valence-corrected chi connectivity index (χ4v) is 4.54. The fraction of sp³-hybridized carbons (Fsp3) is 0.368. The molecule has 1 N–H and O–H groups in total. The van der Waals surface area contributed by atoms with Gasteiger partial charge in [-0.25, -0.2) is 8.42 Å². The van der Waals surface area contributed by atoms with Crippen LogP contribution >= 0.6 is 0 Å². The molecule has 25 heavy (non-hydrogen) atoms. The number of hydrogen-bond donors (Lipinski definition) is 1. The van der Waals surface area contributed by atoms with Gasteiger partial charge < -0.3 is 5.11 Å². The Labute approximate surface area is 149 Å². The summed E-state index contributed by atoms with van der Waals surface area (Å²) in [5.41, 5.74) is 3.11. The Morgan fingerprint density at radius 3 is 2.20 bits per heavy atom.